The zero-order valence-electron chi connectivity index (χ0n) is 30.4. The summed E-state index contributed by atoms with van der Waals surface area (Å²) in [6, 6.07) is 8.25. The third kappa shape index (κ3) is 31.9. The van der Waals surface area contributed by atoms with Crippen LogP contribution in [-0.4, -0.2) is 163 Å². The Morgan fingerprint density at radius 3 is 1.06 bits per heavy atom. The summed E-state index contributed by atoms with van der Waals surface area (Å²) in [4.78, 5) is 35.1. The van der Waals surface area contributed by atoms with E-state index in [-0.39, 0.29) is 25.8 Å². The second-order valence-corrected chi connectivity index (χ2v) is 10.6. The summed E-state index contributed by atoms with van der Waals surface area (Å²) in [6.45, 7) is 11.0. The summed E-state index contributed by atoms with van der Waals surface area (Å²) in [5, 5.41) is 0. The van der Waals surface area contributed by atoms with Gasteiger partial charge in [0.05, 0.1) is 132 Å². The van der Waals surface area contributed by atoms with Crippen molar-refractivity contribution in [1.82, 2.24) is 0 Å². The third-order valence-corrected chi connectivity index (χ3v) is 6.51. The van der Waals surface area contributed by atoms with Crippen molar-refractivity contribution in [2.75, 3.05) is 145 Å². The Kier molecular flexibility index (Phi) is 33.9. The fourth-order valence-corrected chi connectivity index (χ4v) is 3.85. The molecule has 1 rings (SSSR count). The Bertz CT molecular complexity index is 934. The van der Waals surface area contributed by atoms with Crippen LogP contribution in [-0.2, 0) is 66.4 Å². The van der Waals surface area contributed by atoms with Gasteiger partial charge in [0.2, 0.25) is 0 Å². The number of carbonyl (C=O) groups is 3. The van der Waals surface area contributed by atoms with Crippen molar-refractivity contribution >= 4 is 17.7 Å². The highest BCUT2D eigenvalue weighted by molar-refractivity contribution is 6.40. The van der Waals surface area contributed by atoms with Crippen molar-refractivity contribution in [2.45, 2.75) is 32.6 Å². The lowest BCUT2D eigenvalue weighted by atomic mass is 10.1. The largest absolute Gasteiger partial charge is 0.463 e. The summed E-state index contributed by atoms with van der Waals surface area (Å²) in [6.07, 6.45) is 3.46. The highest BCUT2D eigenvalue weighted by atomic mass is 16.6. The fraction of sp³-hybridized carbons (Fsp3) is 0.750. The van der Waals surface area contributed by atoms with Crippen LogP contribution in [0.15, 0.2) is 30.3 Å². The topological polar surface area (TPSA) is 162 Å². The van der Waals surface area contributed by atoms with Crippen molar-refractivity contribution in [3.8, 4) is 0 Å². The fourth-order valence-electron chi connectivity index (χ4n) is 3.85. The first-order valence-corrected chi connectivity index (χ1v) is 17.8. The molecule has 1 aromatic carbocycles. The molecule has 0 aromatic heterocycles. The maximum absolute atomic E-state index is 11.9. The van der Waals surface area contributed by atoms with Gasteiger partial charge in [-0.05, 0) is 6.42 Å². The van der Waals surface area contributed by atoms with E-state index in [9.17, 15) is 14.4 Å². The van der Waals surface area contributed by atoms with Gasteiger partial charge in [0, 0.05) is 12.0 Å². The zero-order valence-corrected chi connectivity index (χ0v) is 30.4. The van der Waals surface area contributed by atoms with Crippen molar-refractivity contribution in [3.05, 3.63) is 35.9 Å². The van der Waals surface area contributed by atoms with Gasteiger partial charge in [-0.25, -0.2) is 4.79 Å². The molecule has 51 heavy (non-hydrogen) atoms. The zero-order chi connectivity index (χ0) is 36.7. The average molecular weight is 733 g/mol. The quantitative estimate of drug-likeness (QED) is 0.0420. The van der Waals surface area contributed by atoms with Crippen LogP contribution >= 0.6 is 0 Å². The molecule has 0 aliphatic heterocycles. The van der Waals surface area contributed by atoms with Gasteiger partial charge in [0.25, 0.3) is 5.78 Å². The van der Waals surface area contributed by atoms with E-state index in [1.54, 1.807) is 30.3 Å². The van der Waals surface area contributed by atoms with Crippen molar-refractivity contribution in [3.63, 3.8) is 0 Å². The summed E-state index contributed by atoms with van der Waals surface area (Å²) < 4.78 is 64.3. The monoisotopic (exact) mass is 732 g/mol. The summed E-state index contributed by atoms with van der Waals surface area (Å²) in [5.41, 5.74) is 0.293. The first-order chi connectivity index (χ1) is 25.1. The maximum atomic E-state index is 11.9. The lowest BCUT2D eigenvalue weighted by molar-refractivity contribution is -0.145. The van der Waals surface area contributed by atoms with Gasteiger partial charge in [-0.15, -0.1) is 0 Å². The van der Waals surface area contributed by atoms with Gasteiger partial charge >= 0.3 is 11.9 Å². The molecule has 0 saturated carbocycles. The molecule has 0 N–H and O–H groups in total. The smallest absolute Gasteiger partial charge is 0.379 e. The second-order valence-electron chi connectivity index (χ2n) is 10.6. The molecule has 294 valence electrons. The Morgan fingerprint density at radius 2 is 0.725 bits per heavy atom. The van der Waals surface area contributed by atoms with E-state index in [1.165, 1.54) is 0 Å². The molecule has 0 aliphatic rings. The predicted octanol–water partition coefficient (Wildman–Crippen LogP) is 2.70. The van der Waals surface area contributed by atoms with Gasteiger partial charge in [0.15, 0.2) is 0 Å². The molecule has 0 bridgehead atoms. The Morgan fingerprint density at radius 1 is 0.412 bits per heavy atom. The van der Waals surface area contributed by atoms with E-state index in [0.29, 0.717) is 138 Å². The van der Waals surface area contributed by atoms with Crippen molar-refractivity contribution in [1.29, 1.82) is 0 Å². The number of Topliss-reactive ketones (excluding diaryl/α,β-unsaturated/α-hetero) is 1. The summed E-state index contributed by atoms with van der Waals surface area (Å²) >= 11 is 0. The number of ether oxygens (including phenoxy) is 12. The molecule has 0 radical (unpaired) electrons. The van der Waals surface area contributed by atoms with E-state index < -0.39 is 11.8 Å². The number of rotatable bonds is 39. The molecule has 15 nitrogen and oxygen atoms in total. The van der Waals surface area contributed by atoms with Crippen LogP contribution < -0.4 is 0 Å². The molecule has 15 heteroatoms. The van der Waals surface area contributed by atoms with Crippen LogP contribution in [0.1, 0.15) is 43.0 Å². The highest BCUT2D eigenvalue weighted by Gasteiger charge is 2.17. The van der Waals surface area contributed by atoms with E-state index in [1.807, 2.05) is 0 Å². The lowest BCUT2D eigenvalue weighted by Crippen LogP contribution is -2.20. The first-order valence-electron chi connectivity index (χ1n) is 17.8. The first kappa shape index (κ1) is 46.5. The average Bonchev–Trinajstić information content (AvgIpc) is 3.15. The predicted molar refractivity (Wildman–Crippen MR) is 185 cm³/mol. The Hall–Kier alpha value is -2.57. The van der Waals surface area contributed by atoms with Gasteiger partial charge < -0.3 is 56.8 Å². The lowest BCUT2D eigenvalue weighted by Gasteiger charge is -2.09. The molecule has 0 heterocycles. The van der Waals surface area contributed by atoms with Gasteiger partial charge in [-0.1, -0.05) is 50.1 Å². The van der Waals surface area contributed by atoms with Crippen LogP contribution in [0, 0.1) is 0 Å². The Labute approximate surface area is 302 Å². The number of benzene rings is 1. The van der Waals surface area contributed by atoms with Crippen LogP contribution in [0.2, 0.25) is 0 Å². The molecule has 0 spiro atoms. The number of esters is 2. The van der Waals surface area contributed by atoms with Crippen LogP contribution in [0.3, 0.4) is 0 Å². The molecule has 0 atom stereocenters. The molecular weight excluding hydrogens is 672 g/mol. The van der Waals surface area contributed by atoms with E-state index in [4.69, 9.17) is 56.8 Å². The molecule has 0 unspecified atom stereocenters. The van der Waals surface area contributed by atoms with Crippen LogP contribution in [0.25, 0.3) is 0 Å². The van der Waals surface area contributed by atoms with Crippen molar-refractivity contribution in [2.24, 2.45) is 0 Å². The molecule has 0 amide bonds. The summed E-state index contributed by atoms with van der Waals surface area (Å²) in [7, 11) is 0. The molecule has 0 fully saturated rings. The molecule has 0 aliphatic carbocycles. The van der Waals surface area contributed by atoms with E-state index in [2.05, 4.69) is 6.92 Å². The van der Waals surface area contributed by atoms with Crippen molar-refractivity contribution < 1.29 is 71.2 Å². The number of hydrogen-bond acceptors (Lipinski definition) is 15. The van der Waals surface area contributed by atoms with Gasteiger partial charge in [0.1, 0.15) is 13.2 Å². The Balaban J connectivity index is 1.66. The van der Waals surface area contributed by atoms with Gasteiger partial charge in [-0.3, -0.25) is 9.59 Å². The van der Waals surface area contributed by atoms with E-state index >= 15 is 0 Å². The summed E-state index contributed by atoms with van der Waals surface area (Å²) in [5.74, 6) is -1.75. The number of ketones is 1. The van der Waals surface area contributed by atoms with Gasteiger partial charge in [-0.2, -0.15) is 0 Å². The molecule has 0 saturated heterocycles. The number of unbranched alkanes of at least 4 members (excludes halogenated alkanes) is 2. The maximum Gasteiger partial charge on any atom is 0.379 e. The van der Waals surface area contributed by atoms with Crippen LogP contribution in [0.5, 0.6) is 0 Å². The normalized spacial score (nSPS) is 11.2. The molecular formula is C36H60O15. The van der Waals surface area contributed by atoms with Crippen LogP contribution in [0.4, 0.5) is 0 Å². The van der Waals surface area contributed by atoms with E-state index in [0.717, 1.165) is 19.3 Å². The number of carbonyl (C=O) groups excluding carboxylic acids is 3. The minimum absolute atomic E-state index is 0.00654. The number of hydrogen-bond donors (Lipinski definition) is 0. The second kappa shape index (κ2) is 37.2. The highest BCUT2D eigenvalue weighted by Crippen LogP contribution is 2.02. The third-order valence-electron chi connectivity index (χ3n) is 6.51. The molecule has 1 aromatic rings. The minimum atomic E-state index is -0.900. The standard InChI is InChI=1S/C36H60O15/c1-2-3-5-10-34(37)50-31-29-48-27-25-46-23-21-44-19-17-42-15-13-40-11-12-41-14-16-43-18-20-45-22-24-47-26-28-49-30-32-51-36(39)35(38)33-8-6-4-7-9-33/h4,6-9H,2-3,5,10-32H2,1H3. The SMILES string of the molecule is CCCCCC(=O)OCCOCCOCCOCCOCCOCCOCCOCCOCCOCCOCCOC(=O)C(=O)c1ccccc1. The minimum Gasteiger partial charge on any atom is -0.463 e.